The Morgan fingerprint density at radius 2 is 1.86 bits per heavy atom. The number of benzene rings is 2. The minimum atomic E-state index is -1.46. The number of allylic oxidation sites excluding steroid dienone is 1. The van der Waals surface area contributed by atoms with E-state index in [1.165, 1.54) is 4.57 Å². The zero-order valence-corrected chi connectivity index (χ0v) is 19.4. The first-order valence-corrected chi connectivity index (χ1v) is 11.3. The van der Waals surface area contributed by atoms with Gasteiger partial charge in [0.2, 0.25) is 0 Å². The fourth-order valence-corrected chi connectivity index (χ4v) is 4.05. The van der Waals surface area contributed by atoms with Crippen LogP contribution in [0.3, 0.4) is 0 Å². The molecule has 4 rings (SSSR count). The summed E-state index contributed by atoms with van der Waals surface area (Å²) in [4.78, 5) is 15.3. The standard InChI is InChI=1S/C26H24F2N4O4/c1-35-22-8-4-5-15(25(22)36-16-6-2-3-7-16)9-12-24-31-20-13-17(27)18(28)14-21(20)32(24)23(30)11-10-19(29)26(33)34/h4-5,8-14,16,29-30H,2-3,6-7H2,1H3,(H,33,34). The molecule has 10 heteroatoms. The van der Waals surface area contributed by atoms with Crippen molar-refractivity contribution in [1.82, 2.24) is 9.55 Å². The zero-order valence-electron chi connectivity index (χ0n) is 19.4. The average molecular weight is 494 g/mol. The molecule has 0 unspecified atom stereocenters. The molecule has 36 heavy (non-hydrogen) atoms. The minimum Gasteiger partial charge on any atom is -0.493 e. The molecule has 0 aliphatic heterocycles. The van der Waals surface area contributed by atoms with E-state index in [-0.39, 0.29) is 28.8 Å². The van der Waals surface area contributed by atoms with Crippen LogP contribution in [0.5, 0.6) is 11.5 Å². The van der Waals surface area contributed by atoms with Gasteiger partial charge in [-0.1, -0.05) is 12.1 Å². The fraction of sp³-hybridized carbons (Fsp3) is 0.231. The van der Waals surface area contributed by atoms with Gasteiger partial charge in [-0.2, -0.15) is 0 Å². The van der Waals surface area contributed by atoms with E-state index in [0.717, 1.165) is 50.0 Å². The number of methoxy groups -OCH3 is 1. The Morgan fingerprint density at radius 1 is 1.14 bits per heavy atom. The summed E-state index contributed by atoms with van der Waals surface area (Å²) in [5, 5.41) is 24.8. The molecule has 1 aliphatic carbocycles. The van der Waals surface area contributed by atoms with E-state index in [1.807, 2.05) is 6.07 Å². The normalized spacial score (nSPS) is 14.2. The number of carboxylic acid groups (broad SMARTS) is 1. The Hall–Kier alpha value is -4.34. The Bertz CT molecular complexity index is 1400. The van der Waals surface area contributed by atoms with Gasteiger partial charge in [-0.3, -0.25) is 15.4 Å². The lowest BCUT2D eigenvalue weighted by Gasteiger charge is -2.18. The Morgan fingerprint density at radius 3 is 2.56 bits per heavy atom. The number of hydrogen-bond donors (Lipinski definition) is 3. The summed E-state index contributed by atoms with van der Waals surface area (Å²) in [5.74, 6) is -2.66. The lowest BCUT2D eigenvalue weighted by atomic mass is 10.1. The molecule has 0 spiro atoms. The SMILES string of the molecule is COc1cccc(C=Cc2nc3cc(F)c(F)cc3n2C(=N)C=CC(=N)C(=O)O)c1OC1CCCC1. The van der Waals surface area contributed by atoms with Crippen molar-refractivity contribution in [1.29, 1.82) is 10.8 Å². The van der Waals surface area contributed by atoms with Crippen LogP contribution in [-0.4, -0.2) is 45.4 Å². The molecule has 1 saturated carbocycles. The van der Waals surface area contributed by atoms with Gasteiger partial charge in [0, 0.05) is 17.7 Å². The lowest BCUT2D eigenvalue weighted by molar-refractivity contribution is -0.129. The maximum atomic E-state index is 14.0. The summed E-state index contributed by atoms with van der Waals surface area (Å²) in [6.07, 6.45) is 9.44. The van der Waals surface area contributed by atoms with Crippen LogP contribution < -0.4 is 9.47 Å². The number of aliphatic carboxylic acids is 1. The first-order valence-electron chi connectivity index (χ1n) is 11.3. The molecular formula is C26H24F2N4O4. The number of nitrogens with zero attached hydrogens (tertiary/aromatic N) is 2. The first kappa shape index (κ1) is 24.8. The predicted octanol–water partition coefficient (Wildman–Crippen LogP) is 5.30. The summed E-state index contributed by atoms with van der Waals surface area (Å²) in [7, 11) is 1.55. The van der Waals surface area contributed by atoms with E-state index in [4.69, 9.17) is 25.4 Å². The van der Waals surface area contributed by atoms with Crippen LogP contribution >= 0.6 is 0 Å². The van der Waals surface area contributed by atoms with Crippen LogP contribution in [0, 0.1) is 22.5 Å². The fourth-order valence-electron chi connectivity index (χ4n) is 4.05. The quantitative estimate of drug-likeness (QED) is 0.290. The molecule has 0 radical (unpaired) electrons. The van der Waals surface area contributed by atoms with E-state index < -0.39 is 23.3 Å². The molecule has 1 aliphatic rings. The molecule has 8 nitrogen and oxygen atoms in total. The second kappa shape index (κ2) is 10.5. The number of carbonyl (C=O) groups is 1. The van der Waals surface area contributed by atoms with Gasteiger partial charge in [0.05, 0.1) is 24.2 Å². The molecule has 2 aromatic carbocycles. The molecule has 0 bridgehead atoms. The van der Waals surface area contributed by atoms with E-state index in [0.29, 0.717) is 17.1 Å². The van der Waals surface area contributed by atoms with Crippen LogP contribution in [-0.2, 0) is 4.79 Å². The maximum Gasteiger partial charge on any atom is 0.353 e. The highest BCUT2D eigenvalue weighted by Crippen LogP contribution is 2.36. The largest absolute Gasteiger partial charge is 0.493 e. The van der Waals surface area contributed by atoms with Crippen molar-refractivity contribution in [2.75, 3.05) is 7.11 Å². The molecule has 0 saturated heterocycles. The van der Waals surface area contributed by atoms with Gasteiger partial charge in [-0.25, -0.2) is 18.6 Å². The minimum absolute atomic E-state index is 0.0758. The Balaban J connectivity index is 1.77. The van der Waals surface area contributed by atoms with Gasteiger partial charge in [0.25, 0.3) is 0 Å². The highest BCUT2D eigenvalue weighted by molar-refractivity contribution is 6.39. The Labute approximate surface area is 205 Å². The molecule has 1 fully saturated rings. The van der Waals surface area contributed by atoms with Gasteiger partial charge >= 0.3 is 5.97 Å². The van der Waals surface area contributed by atoms with Crippen LogP contribution in [0.1, 0.15) is 37.1 Å². The van der Waals surface area contributed by atoms with Crippen molar-refractivity contribution < 1.29 is 28.2 Å². The van der Waals surface area contributed by atoms with Crippen LogP contribution in [0.25, 0.3) is 23.2 Å². The third-order valence-corrected chi connectivity index (χ3v) is 5.83. The number of carboxylic acids is 1. The molecule has 0 atom stereocenters. The second-order valence-corrected chi connectivity index (χ2v) is 8.23. The zero-order chi connectivity index (χ0) is 25.8. The van der Waals surface area contributed by atoms with Crippen LogP contribution in [0.4, 0.5) is 8.78 Å². The van der Waals surface area contributed by atoms with Crippen molar-refractivity contribution in [2.24, 2.45) is 0 Å². The van der Waals surface area contributed by atoms with Crippen LogP contribution in [0.15, 0.2) is 42.5 Å². The highest BCUT2D eigenvalue weighted by Gasteiger charge is 2.20. The molecule has 186 valence electrons. The van der Waals surface area contributed by atoms with Crippen molar-refractivity contribution in [3.8, 4) is 11.5 Å². The highest BCUT2D eigenvalue weighted by atomic mass is 19.2. The van der Waals surface area contributed by atoms with Crippen LogP contribution in [0.2, 0.25) is 0 Å². The lowest BCUT2D eigenvalue weighted by Crippen LogP contribution is -2.13. The summed E-state index contributed by atoms with van der Waals surface area (Å²) < 4.78 is 40.9. The second-order valence-electron chi connectivity index (χ2n) is 8.23. The van der Waals surface area contributed by atoms with E-state index in [1.54, 1.807) is 31.4 Å². The number of aromatic nitrogens is 2. The van der Waals surface area contributed by atoms with E-state index in [2.05, 4.69) is 4.98 Å². The predicted molar refractivity (Wildman–Crippen MR) is 132 cm³/mol. The third kappa shape index (κ3) is 5.17. The molecule has 1 heterocycles. The number of imidazole rings is 1. The van der Waals surface area contributed by atoms with Crippen molar-refractivity contribution in [3.05, 3.63) is 65.5 Å². The summed E-state index contributed by atoms with van der Waals surface area (Å²) in [6.45, 7) is 0. The summed E-state index contributed by atoms with van der Waals surface area (Å²) in [5.41, 5.74) is 0.168. The number of rotatable bonds is 8. The number of halogens is 2. The Kier molecular flexibility index (Phi) is 7.23. The van der Waals surface area contributed by atoms with Crippen molar-refractivity contribution in [2.45, 2.75) is 31.8 Å². The van der Waals surface area contributed by atoms with Crippen molar-refractivity contribution in [3.63, 3.8) is 0 Å². The molecule has 0 amide bonds. The number of nitrogens with one attached hydrogen (secondary N) is 2. The van der Waals surface area contributed by atoms with Gasteiger partial charge in [0.1, 0.15) is 17.4 Å². The molecule has 3 aromatic rings. The average Bonchev–Trinajstić information content (AvgIpc) is 3.49. The van der Waals surface area contributed by atoms with Crippen molar-refractivity contribution >= 4 is 40.7 Å². The number of para-hydroxylation sites is 1. The van der Waals surface area contributed by atoms with Gasteiger partial charge in [0.15, 0.2) is 23.1 Å². The molecule has 1 aromatic heterocycles. The third-order valence-electron chi connectivity index (χ3n) is 5.83. The van der Waals surface area contributed by atoms with Gasteiger partial charge in [-0.15, -0.1) is 0 Å². The number of hydrogen-bond acceptors (Lipinski definition) is 6. The maximum absolute atomic E-state index is 14.0. The van der Waals surface area contributed by atoms with E-state index >= 15 is 0 Å². The topological polar surface area (TPSA) is 121 Å². The molecule has 3 N–H and O–H groups in total. The smallest absolute Gasteiger partial charge is 0.353 e. The summed E-state index contributed by atoms with van der Waals surface area (Å²) in [6, 6.07) is 7.26. The number of fused-ring (bicyclic) bond motifs is 1. The monoisotopic (exact) mass is 494 g/mol. The first-order chi connectivity index (χ1) is 17.3. The summed E-state index contributed by atoms with van der Waals surface area (Å²) >= 11 is 0. The van der Waals surface area contributed by atoms with Gasteiger partial charge < -0.3 is 14.6 Å². The van der Waals surface area contributed by atoms with E-state index in [9.17, 15) is 13.6 Å². The van der Waals surface area contributed by atoms with Gasteiger partial charge in [-0.05, 0) is 56.1 Å². The molecular weight excluding hydrogens is 470 g/mol. The number of ether oxygens (including phenoxy) is 2.